The first-order valence-electron chi connectivity index (χ1n) is 7.18. The fourth-order valence-electron chi connectivity index (χ4n) is 2.60. The van der Waals surface area contributed by atoms with Gasteiger partial charge in [-0.25, -0.2) is 0 Å². The van der Waals surface area contributed by atoms with Gasteiger partial charge in [0.2, 0.25) is 0 Å². The van der Waals surface area contributed by atoms with Crippen LogP contribution in [0.15, 0.2) is 30.3 Å². The summed E-state index contributed by atoms with van der Waals surface area (Å²) in [5.41, 5.74) is 1.87. The second-order valence-electron chi connectivity index (χ2n) is 5.56. The minimum Gasteiger partial charge on any atom is -0.497 e. The molecule has 0 fully saturated rings. The summed E-state index contributed by atoms with van der Waals surface area (Å²) >= 11 is 1.71. The lowest BCUT2D eigenvalue weighted by Gasteiger charge is -2.27. The van der Waals surface area contributed by atoms with Gasteiger partial charge < -0.3 is 4.74 Å². The van der Waals surface area contributed by atoms with Crippen molar-refractivity contribution in [3.05, 3.63) is 46.3 Å². The van der Waals surface area contributed by atoms with Crippen molar-refractivity contribution >= 4 is 22.2 Å². The number of methoxy groups -OCH3 is 1. The number of fused-ring (bicyclic) bond motifs is 1. The zero-order valence-corrected chi connectivity index (χ0v) is 13.4. The molecule has 1 aromatic heterocycles. The van der Waals surface area contributed by atoms with Crippen molar-refractivity contribution in [1.82, 2.24) is 0 Å². The minimum atomic E-state index is 0.0936. The fraction of sp³-hybridized carbons (Fsp3) is 0.353. The van der Waals surface area contributed by atoms with Gasteiger partial charge in [0.1, 0.15) is 5.75 Å². The molecule has 0 saturated heterocycles. The number of nitrogens with zero attached hydrogens (tertiary/aromatic N) is 1. The minimum absolute atomic E-state index is 0.0936. The molecule has 110 valence electrons. The Morgan fingerprint density at radius 2 is 2.05 bits per heavy atom. The standard InChI is InChI=1S/C17H19NO2S/c1-11(2)15-6-7-16(21-15)18-9-8-12-10-13(20-3)4-5-14(12)17(18)19/h4-7,10-11H,8-9H2,1-3H3. The van der Waals surface area contributed by atoms with Crippen LogP contribution in [0.2, 0.25) is 0 Å². The van der Waals surface area contributed by atoms with Crippen LogP contribution < -0.4 is 9.64 Å². The Morgan fingerprint density at radius 1 is 1.24 bits per heavy atom. The molecule has 0 radical (unpaired) electrons. The number of amides is 1. The van der Waals surface area contributed by atoms with Gasteiger partial charge in [-0.15, -0.1) is 11.3 Å². The highest BCUT2D eigenvalue weighted by atomic mass is 32.1. The maximum absolute atomic E-state index is 12.7. The molecular formula is C17H19NO2S. The Bertz CT molecular complexity index is 675. The third-order valence-corrected chi connectivity index (χ3v) is 5.25. The molecule has 0 unspecified atom stereocenters. The van der Waals surface area contributed by atoms with Crippen molar-refractivity contribution in [2.45, 2.75) is 26.2 Å². The van der Waals surface area contributed by atoms with E-state index in [2.05, 4.69) is 26.0 Å². The highest BCUT2D eigenvalue weighted by Crippen LogP contribution is 2.34. The third-order valence-electron chi connectivity index (χ3n) is 3.84. The number of carbonyl (C=O) groups is 1. The molecular weight excluding hydrogens is 282 g/mol. The number of ether oxygens (including phenoxy) is 1. The molecule has 0 saturated carbocycles. The Balaban J connectivity index is 1.91. The number of hydrogen-bond donors (Lipinski definition) is 0. The van der Waals surface area contributed by atoms with Gasteiger partial charge in [-0.1, -0.05) is 13.8 Å². The van der Waals surface area contributed by atoms with Gasteiger partial charge in [-0.05, 0) is 48.2 Å². The normalized spacial score (nSPS) is 14.5. The summed E-state index contributed by atoms with van der Waals surface area (Å²) in [6.45, 7) is 5.08. The van der Waals surface area contributed by atoms with Gasteiger partial charge in [0, 0.05) is 17.0 Å². The molecule has 0 aliphatic carbocycles. The molecule has 0 bridgehead atoms. The average Bonchev–Trinajstić information content (AvgIpc) is 2.97. The summed E-state index contributed by atoms with van der Waals surface area (Å²) in [6, 6.07) is 9.89. The van der Waals surface area contributed by atoms with Crippen LogP contribution in [0, 0.1) is 0 Å². The predicted octanol–water partition coefficient (Wildman–Crippen LogP) is 4.08. The number of carbonyl (C=O) groups excluding carboxylic acids is 1. The van der Waals surface area contributed by atoms with Crippen LogP contribution >= 0.6 is 11.3 Å². The number of benzene rings is 1. The second kappa shape index (κ2) is 5.53. The highest BCUT2D eigenvalue weighted by molar-refractivity contribution is 7.16. The third kappa shape index (κ3) is 2.56. The van der Waals surface area contributed by atoms with E-state index in [4.69, 9.17) is 4.74 Å². The van der Waals surface area contributed by atoms with Crippen LogP contribution in [0.5, 0.6) is 5.75 Å². The lowest BCUT2D eigenvalue weighted by Crippen LogP contribution is -2.37. The van der Waals surface area contributed by atoms with Crippen LogP contribution in [-0.2, 0) is 6.42 Å². The van der Waals surface area contributed by atoms with E-state index in [9.17, 15) is 4.79 Å². The van der Waals surface area contributed by atoms with E-state index < -0.39 is 0 Å². The van der Waals surface area contributed by atoms with E-state index in [1.165, 1.54) is 4.88 Å². The van der Waals surface area contributed by atoms with Crippen molar-refractivity contribution in [2.75, 3.05) is 18.6 Å². The first kappa shape index (κ1) is 14.1. The van der Waals surface area contributed by atoms with Crippen molar-refractivity contribution in [3.8, 4) is 5.75 Å². The largest absolute Gasteiger partial charge is 0.497 e. The van der Waals surface area contributed by atoms with E-state index in [0.717, 1.165) is 34.8 Å². The van der Waals surface area contributed by atoms with Crippen LogP contribution in [0.25, 0.3) is 0 Å². The van der Waals surface area contributed by atoms with Crippen molar-refractivity contribution in [2.24, 2.45) is 0 Å². The molecule has 1 aliphatic heterocycles. The summed E-state index contributed by atoms with van der Waals surface area (Å²) < 4.78 is 5.23. The van der Waals surface area contributed by atoms with Crippen molar-refractivity contribution in [3.63, 3.8) is 0 Å². The molecule has 1 amide bonds. The number of thiophene rings is 1. The molecule has 2 aromatic rings. The summed E-state index contributed by atoms with van der Waals surface area (Å²) in [4.78, 5) is 15.9. The molecule has 0 spiro atoms. The Hall–Kier alpha value is -1.81. The topological polar surface area (TPSA) is 29.5 Å². The molecule has 3 nitrogen and oxygen atoms in total. The van der Waals surface area contributed by atoms with E-state index in [-0.39, 0.29) is 5.91 Å². The summed E-state index contributed by atoms with van der Waals surface area (Å²) in [6.07, 6.45) is 0.868. The summed E-state index contributed by atoms with van der Waals surface area (Å²) in [7, 11) is 1.65. The van der Waals surface area contributed by atoms with Crippen LogP contribution in [-0.4, -0.2) is 19.6 Å². The molecule has 4 heteroatoms. The van der Waals surface area contributed by atoms with Gasteiger partial charge in [0.25, 0.3) is 5.91 Å². The fourth-order valence-corrected chi connectivity index (χ4v) is 3.63. The zero-order valence-electron chi connectivity index (χ0n) is 12.6. The summed E-state index contributed by atoms with van der Waals surface area (Å²) in [5.74, 6) is 1.41. The van der Waals surface area contributed by atoms with Crippen LogP contribution in [0.4, 0.5) is 5.00 Å². The maximum Gasteiger partial charge on any atom is 0.259 e. The van der Waals surface area contributed by atoms with E-state index in [1.54, 1.807) is 18.4 Å². The van der Waals surface area contributed by atoms with Gasteiger partial charge in [0.05, 0.1) is 12.1 Å². The number of rotatable bonds is 3. The van der Waals surface area contributed by atoms with E-state index in [0.29, 0.717) is 5.92 Å². The molecule has 21 heavy (non-hydrogen) atoms. The monoisotopic (exact) mass is 301 g/mol. The Morgan fingerprint density at radius 3 is 2.71 bits per heavy atom. The second-order valence-corrected chi connectivity index (χ2v) is 6.65. The maximum atomic E-state index is 12.7. The van der Waals surface area contributed by atoms with E-state index >= 15 is 0 Å². The predicted molar refractivity (Wildman–Crippen MR) is 86.8 cm³/mol. The molecule has 1 aliphatic rings. The van der Waals surface area contributed by atoms with Crippen LogP contribution in [0.3, 0.4) is 0 Å². The first-order valence-corrected chi connectivity index (χ1v) is 8.00. The summed E-state index contributed by atoms with van der Waals surface area (Å²) in [5, 5.41) is 1.05. The van der Waals surface area contributed by atoms with Gasteiger partial charge >= 0.3 is 0 Å². The zero-order chi connectivity index (χ0) is 15.0. The smallest absolute Gasteiger partial charge is 0.259 e. The van der Waals surface area contributed by atoms with Gasteiger partial charge in [-0.2, -0.15) is 0 Å². The molecule has 0 N–H and O–H groups in total. The Kier molecular flexibility index (Phi) is 3.72. The van der Waals surface area contributed by atoms with Crippen molar-refractivity contribution < 1.29 is 9.53 Å². The first-order chi connectivity index (χ1) is 10.1. The van der Waals surface area contributed by atoms with Gasteiger partial charge in [-0.3, -0.25) is 9.69 Å². The lowest BCUT2D eigenvalue weighted by atomic mass is 9.99. The molecule has 2 heterocycles. The van der Waals surface area contributed by atoms with Crippen LogP contribution in [0.1, 0.15) is 40.6 Å². The molecule has 0 atom stereocenters. The quantitative estimate of drug-likeness (QED) is 0.855. The number of anilines is 1. The highest BCUT2D eigenvalue weighted by Gasteiger charge is 2.26. The Labute approximate surface area is 129 Å². The SMILES string of the molecule is COc1ccc2c(c1)CCN(c1ccc(C(C)C)s1)C2=O. The van der Waals surface area contributed by atoms with E-state index in [1.807, 2.05) is 23.1 Å². The lowest BCUT2D eigenvalue weighted by molar-refractivity contribution is 0.0981. The molecule has 3 rings (SSSR count). The number of hydrogen-bond acceptors (Lipinski definition) is 3. The van der Waals surface area contributed by atoms with Crippen molar-refractivity contribution in [1.29, 1.82) is 0 Å². The van der Waals surface area contributed by atoms with Gasteiger partial charge in [0.15, 0.2) is 0 Å². The average molecular weight is 301 g/mol. The molecule has 1 aromatic carbocycles.